The number of likely N-dealkylation sites (tertiary alicyclic amines) is 1. The summed E-state index contributed by atoms with van der Waals surface area (Å²) >= 11 is 0. The Hall–Kier alpha value is -9.53. The number of piperazine rings is 1. The van der Waals surface area contributed by atoms with E-state index in [2.05, 4.69) is 26.5 Å². The molecule has 4 aliphatic heterocycles. The largest absolute Gasteiger partial charge is 0.494 e. The molecular formula is C73H83F2N11O14S. The number of hydrogen-bond donors (Lipinski definition) is 1. The second-order valence-electron chi connectivity index (χ2n) is 26.8. The van der Waals surface area contributed by atoms with Crippen molar-refractivity contribution < 1.29 is 74.2 Å². The van der Waals surface area contributed by atoms with Crippen LogP contribution in [0.15, 0.2) is 83.9 Å². The highest BCUT2D eigenvalue weighted by Gasteiger charge is 2.48. The van der Waals surface area contributed by atoms with Crippen LogP contribution >= 0.6 is 0 Å². The summed E-state index contributed by atoms with van der Waals surface area (Å²) in [7, 11) is 2.48. The van der Waals surface area contributed by atoms with Gasteiger partial charge in [-0.05, 0) is 151 Å². The molecule has 3 aromatic heterocycles. The van der Waals surface area contributed by atoms with Crippen LogP contribution in [0.25, 0.3) is 44.0 Å². The fourth-order valence-electron chi connectivity index (χ4n) is 14.0. The summed E-state index contributed by atoms with van der Waals surface area (Å²) in [6.07, 6.45) is 8.85. The molecule has 3 saturated heterocycles. The molecule has 5 aromatic carbocycles. The van der Waals surface area contributed by atoms with Gasteiger partial charge in [0, 0.05) is 69.5 Å². The Balaban J connectivity index is 0.714. The summed E-state index contributed by atoms with van der Waals surface area (Å²) in [6, 6.07) is 19.3. The minimum absolute atomic E-state index is 0.00787. The van der Waals surface area contributed by atoms with Gasteiger partial charge in [0.15, 0.2) is 12.6 Å². The number of nitrogens with zero attached hydrogens (tertiary/aromatic N) is 10. The molecule has 8 aromatic rings. The average molecular weight is 1410 g/mol. The van der Waals surface area contributed by atoms with Crippen molar-refractivity contribution in [2.24, 2.45) is 7.05 Å². The van der Waals surface area contributed by atoms with Crippen LogP contribution in [0.1, 0.15) is 100 Å². The molecule has 534 valence electrons. The van der Waals surface area contributed by atoms with Gasteiger partial charge in [0.25, 0.3) is 0 Å². The van der Waals surface area contributed by atoms with Crippen LogP contribution < -0.4 is 33.9 Å². The minimum atomic E-state index is -4.13. The van der Waals surface area contributed by atoms with Crippen molar-refractivity contribution in [1.29, 1.82) is 0 Å². The lowest BCUT2D eigenvalue weighted by Gasteiger charge is -2.42. The molecule has 25 nitrogen and oxygen atoms in total. The van der Waals surface area contributed by atoms with Crippen LogP contribution in [0.4, 0.5) is 19.4 Å². The number of benzene rings is 5. The van der Waals surface area contributed by atoms with Gasteiger partial charge in [-0.3, -0.25) is 24.4 Å². The van der Waals surface area contributed by atoms with E-state index in [1.165, 1.54) is 41.9 Å². The Morgan fingerprint density at radius 2 is 1.70 bits per heavy atom. The number of sulfonamides is 1. The molecule has 0 aliphatic carbocycles. The molecule has 4 aliphatic rings. The van der Waals surface area contributed by atoms with Crippen LogP contribution in [0.2, 0.25) is 0 Å². The summed E-state index contributed by atoms with van der Waals surface area (Å²) < 4.78 is 118. The number of likely N-dealkylation sites (N-methyl/N-ethyl adjacent to an activating group) is 1. The highest BCUT2D eigenvalue weighted by atomic mass is 32.2. The topological polar surface area (TPSA) is 263 Å². The summed E-state index contributed by atoms with van der Waals surface area (Å²) in [5, 5.41) is 12.4. The molecule has 1 unspecified atom stereocenters. The van der Waals surface area contributed by atoms with Gasteiger partial charge in [0.2, 0.25) is 15.9 Å². The number of esters is 1. The zero-order chi connectivity index (χ0) is 71.7. The lowest BCUT2D eigenvalue weighted by Crippen LogP contribution is -2.58. The molecule has 7 heterocycles. The molecule has 0 spiro atoms. The number of ether oxygens (including phenoxy) is 9. The number of nitrogens with one attached hydrogen (secondary N) is 1. The lowest BCUT2D eigenvalue weighted by molar-refractivity contribution is -0.143. The molecule has 101 heavy (non-hydrogen) atoms. The first-order chi connectivity index (χ1) is 48.4. The van der Waals surface area contributed by atoms with Crippen molar-refractivity contribution in [1.82, 2.24) is 49.4 Å². The number of fused-ring (bicyclic) bond motifs is 6. The Kier molecular flexibility index (Phi) is 20.9. The average Bonchev–Trinajstić information content (AvgIpc) is 0.824. The molecule has 5 atom stereocenters. The van der Waals surface area contributed by atoms with E-state index in [0.29, 0.717) is 79.1 Å². The number of methoxy groups -OCH3 is 2. The Morgan fingerprint density at radius 1 is 0.911 bits per heavy atom. The number of amides is 2. The summed E-state index contributed by atoms with van der Waals surface area (Å²) in [6.45, 7) is 12.5. The molecule has 0 radical (unpaired) electrons. The van der Waals surface area contributed by atoms with Gasteiger partial charge in [-0.25, -0.2) is 26.7 Å². The molecule has 1 N–H and O–H groups in total. The second-order valence-corrected chi connectivity index (χ2v) is 28.7. The first kappa shape index (κ1) is 71.3. The lowest BCUT2D eigenvalue weighted by atomic mass is 9.86. The van der Waals surface area contributed by atoms with Gasteiger partial charge in [-0.2, -0.15) is 14.3 Å². The number of carbonyl (C=O) groups is 3. The SMILES string of the molecule is C#Cc1c(F)ccc2cc(OCOC)cc(-c3ncc4c(N5C[C@H]6CC[C@@H](C5)N6C(=O)OC(C)(C)C)nc(OC[C@@]5(C(=O)NCCOCCOc6ccc7c(c6)O[C@H](C)CN(Cc6cc(C(CC(=O)OCC)c8cc(OC)c9c(c8)nnn9C)ccc6C)S7(=O)=O)CCCN5C)nc4c3F)c12. The standard InChI is InChI=1S/C73H83F2N11O14S/c1-12-53-57(74)21-17-46-30-52(98-42-92-10)33-55(63(46)53)65-64(75)66-56(36-77-65)68(84-39-49-18-19-50(40-84)86(49)71(89)100-72(5,6)7)79-70(78-66)97-41-73(23-14-25-82(73)8)69(88)76-24-26-94-27-28-96-51-20-22-61-59(34-51)99-44(4)37-85(101(61,90)91)38-48-29-45(16-15-43(48)3)54(35-62(87)95-13-2)47-31-58-67(60(32-47)93-11)83(9)81-80-58/h1,15-17,20-22,29-34,36,44,49-50,54H,13-14,18-19,23-28,35,37-42H2,2-11H3,(H,76,88)/t44-,49-,50+,54?,73-/m1/s1. The van der Waals surface area contributed by atoms with Gasteiger partial charge < -0.3 is 52.8 Å². The van der Waals surface area contributed by atoms with Gasteiger partial charge in [-0.1, -0.05) is 35.4 Å². The van der Waals surface area contributed by atoms with Crippen molar-refractivity contribution in [3.63, 3.8) is 0 Å². The highest BCUT2D eigenvalue weighted by molar-refractivity contribution is 7.89. The summed E-state index contributed by atoms with van der Waals surface area (Å²) in [4.78, 5) is 61.2. The smallest absolute Gasteiger partial charge is 0.410 e. The maximum Gasteiger partial charge on any atom is 0.410 e. The van der Waals surface area contributed by atoms with E-state index in [9.17, 15) is 22.8 Å². The van der Waals surface area contributed by atoms with E-state index in [1.807, 2.05) is 74.9 Å². The highest BCUT2D eigenvalue weighted by Crippen LogP contribution is 2.43. The van der Waals surface area contributed by atoms with Gasteiger partial charge in [0.05, 0.1) is 62.9 Å². The second kappa shape index (κ2) is 29.6. The third-order valence-electron chi connectivity index (χ3n) is 18.9. The van der Waals surface area contributed by atoms with Crippen molar-refractivity contribution >= 4 is 66.5 Å². The molecule has 3 fully saturated rings. The number of aryl methyl sites for hydroxylation is 2. The number of carbonyl (C=O) groups excluding carboxylic acids is 3. The van der Waals surface area contributed by atoms with Crippen LogP contribution in [-0.4, -0.2) is 194 Å². The number of aromatic nitrogens is 6. The van der Waals surface area contributed by atoms with E-state index in [0.717, 1.165) is 22.3 Å². The molecule has 12 rings (SSSR count). The van der Waals surface area contributed by atoms with Crippen molar-refractivity contribution in [2.45, 2.75) is 120 Å². The van der Waals surface area contributed by atoms with Crippen LogP contribution in [-0.2, 0) is 52.2 Å². The number of hydrogen-bond acceptors (Lipinski definition) is 21. The summed E-state index contributed by atoms with van der Waals surface area (Å²) in [5.74, 6) is 1.24. The van der Waals surface area contributed by atoms with E-state index in [-0.39, 0.29) is 139 Å². The van der Waals surface area contributed by atoms with E-state index < -0.39 is 56.9 Å². The van der Waals surface area contributed by atoms with Crippen molar-refractivity contribution in [3.8, 4) is 52.6 Å². The monoisotopic (exact) mass is 1410 g/mol. The van der Waals surface area contributed by atoms with Gasteiger partial charge >= 0.3 is 18.1 Å². The van der Waals surface area contributed by atoms with Gasteiger partial charge in [-0.15, -0.1) is 11.5 Å². The van der Waals surface area contributed by atoms with Crippen molar-refractivity contribution in [2.75, 3.05) is 98.7 Å². The number of pyridine rings is 1. The zero-order valence-electron chi connectivity index (χ0n) is 58.3. The quantitative estimate of drug-likeness (QED) is 0.0255. The fraction of sp³-hybridized carbons (Fsp3) is 0.452. The fourth-order valence-corrected chi connectivity index (χ4v) is 15.6. The molecule has 2 bridgehead atoms. The van der Waals surface area contributed by atoms with Crippen LogP contribution in [0, 0.1) is 30.9 Å². The normalized spacial score (nSPS) is 19.3. The van der Waals surface area contributed by atoms with E-state index in [1.54, 1.807) is 55.8 Å². The third-order valence-corrected chi connectivity index (χ3v) is 20.8. The Morgan fingerprint density at radius 3 is 2.43 bits per heavy atom. The molecular weight excluding hydrogens is 1320 g/mol. The zero-order valence-corrected chi connectivity index (χ0v) is 59.1. The number of anilines is 1. The Labute approximate surface area is 584 Å². The van der Waals surface area contributed by atoms with Crippen molar-refractivity contribution in [3.05, 3.63) is 118 Å². The molecule has 0 saturated carbocycles. The van der Waals surface area contributed by atoms with E-state index >= 15 is 8.78 Å². The first-order valence-corrected chi connectivity index (χ1v) is 35.1. The number of rotatable bonds is 24. The molecule has 28 heteroatoms. The van der Waals surface area contributed by atoms with Gasteiger partial charge in [0.1, 0.15) is 92.2 Å². The third kappa shape index (κ3) is 14.7. The first-order valence-electron chi connectivity index (χ1n) is 33.7. The maximum absolute atomic E-state index is 17.8. The predicted molar refractivity (Wildman–Crippen MR) is 371 cm³/mol. The van der Waals surface area contributed by atoms with Crippen LogP contribution in [0.5, 0.6) is 29.0 Å². The number of halogens is 2. The molecule has 2 amide bonds. The van der Waals surface area contributed by atoms with Crippen LogP contribution in [0.3, 0.4) is 0 Å². The Bertz CT molecular complexity index is 4630. The minimum Gasteiger partial charge on any atom is -0.494 e. The maximum atomic E-state index is 17.8. The van der Waals surface area contributed by atoms with E-state index in [4.69, 9.17) is 59.0 Å². The number of terminal acetylenes is 1. The predicted octanol–water partition coefficient (Wildman–Crippen LogP) is 9.39. The summed E-state index contributed by atoms with van der Waals surface area (Å²) in [5.41, 5.74) is 2.14.